The molecule has 1 fully saturated rings. The summed E-state index contributed by atoms with van der Waals surface area (Å²) in [6, 6.07) is 2.38. The van der Waals surface area contributed by atoms with Gasteiger partial charge < -0.3 is 15.3 Å². The molecule has 0 aromatic carbocycles. The van der Waals surface area contributed by atoms with E-state index in [1.165, 1.54) is 11.3 Å². The molecule has 0 saturated carbocycles. The highest BCUT2D eigenvalue weighted by atomic mass is 32.1. The molecule has 0 bridgehead atoms. The van der Waals surface area contributed by atoms with Crippen LogP contribution in [0.1, 0.15) is 15.2 Å². The summed E-state index contributed by atoms with van der Waals surface area (Å²) in [7, 11) is 4.29. The smallest absolute Gasteiger partial charge is 0.346 e. The van der Waals surface area contributed by atoms with Gasteiger partial charge in [-0.2, -0.15) is 0 Å². The zero-order valence-corrected chi connectivity index (χ0v) is 12.2. The third-order valence-electron chi connectivity index (χ3n) is 3.62. The fourth-order valence-corrected chi connectivity index (χ4v) is 3.12. The zero-order chi connectivity index (χ0) is 13.8. The molecule has 2 N–H and O–H groups in total. The van der Waals surface area contributed by atoms with Crippen molar-refractivity contribution in [3.05, 3.63) is 21.9 Å². The monoisotopic (exact) mass is 283 g/mol. The molecule has 5 nitrogen and oxygen atoms in total. The average molecular weight is 283 g/mol. The molecule has 0 radical (unpaired) electrons. The van der Waals surface area contributed by atoms with Crippen molar-refractivity contribution < 1.29 is 9.90 Å². The van der Waals surface area contributed by atoms with Crippen LogP contribution in [0, 0.1) is 0 Å². The van der Waals surface area contributed by atoms with Crippen LogP contribution in [0.4, 0.5) is 0 Å². The van der Waals surface area contributed by atoms with Crippen molar-refractivity contribution >= 4 is 17.3 Å². The van der Waals surface area contributed by atoms with Gasteiger partial charge in [0, 0.05) is 38.8 Å². The Morgan fingerprint density at radius 1 is 1.53 bits per heavy atom. The first-order chi connectivity index (χ1) is 9.08. The van der Waals surface area contributed by atoms with Gasteiger partial charge in [-0.05, 0) is 31.1 Å². The minimum atomic E-state index is -0.832. The Hall–Kier alpha value is -0.950. The number of nitrogens with zero attached hydrogens (tertiary/aromatic N) is 2. The van der Waals surface area contributed by atoms with Crippen LogP contribution in [0.25, 0.3) is 0 Å². The second-order valence-corrected chi connectivity index (χ2v) is 6.02. The lowest BCUT2D eigenvalue weighted by Crippen LogP contribution is -2.53. The van der Waals surface area contributed by atoms with Crippen LogP contribution >= 0.6 is 11.3 Å². The maximum Gasteiger partial charge on any atom is 0.346 e. The number of likely N-dealkylation sites (N-methyl/N-ethyl adjacent to an activating group) is 2. The van der Waals surface area contributed by atoms with Crippen molar-refractivity contribution in [1.82, 2.24) is 15.1 Å². The first-order valence-electron chi connectivity index (χ1n) is 6.47. The molecule has 2 rings (SSSR count). The van der Waals surface area contributed by atoms with E-state index < -0.39 is 5.97 Å². The quantitative estimate of drug-likeness (QED) is 0.836. The number of carboxylic acids is 1. The number of hydrogen-bond acceptors (Lipinski definition) is 5. The van der Waals surface area contributed by atoms with Gasteiger partial charge in [-0.15, -0.1) is 11.3 Å². The number of rotatable bonds is 5. The SMILES string of the molecule is CN1CCN(C)C(CNCc2ccsc2C(=O)O)C1. The van der Waals surface area contributed by atoms with Crippen LogP contribution in [0.2, 0.25) is 0 Å². The van der Waals surface area contributed by atoms with Crippen LogP contribution in [0.5, 0.6) is 0 Å². The van der Waals surface area contributed by atoms with Gasteiger partial charge in [0.15, 0.2) is 0 Å². The van der Waals surface area contributed by atoms with Crippen LogP contribution in [0.15, 0.2) is 11.4 Å². The Morgan fingerprint density at radius 2 is 2.32 bits per heavy atom. The summed E-state index contributed by atoms with van der Waals surface area (Å²) in [6.45, 7) is 4.76. The summed E-state index contributed by atoms with van der Waals surface area (Å²) >= 11 is 1.29. The lowest BCUT2D eigenvalue weighted by atomic mass is 10.2. The van der Waals surface area contributed by atoms with Crippen LogP contribution < -0.4 is 5.32 Å². The lowest BCUT2D eigenvalue weighted by molar-refractivity contribution is 0.0701. The van der Waals surface area contributed by atoms with Gasteiger partial charge in [0.1, 0.15) is 4.88 Å². The molecule has 6 heteroatoms. The largest absolute Gasteiger partial charge is 0.477 e. The van der Waals surface area contributed by atoms with E-state index >= 15 is 0 Å². The predicted octanol–water partition coefficient (Wildman–Crippen LogP) is 0.782. The molecular formula is C13H21N3O2S. The number of nitrogens with one attached hydrogen (secondary N) is 1. The van der Waals surface area contributed by atoms with E-state index in [1.807, 2.05) is 11.4 Å². The Morgan fingerprint density at radius 3 is 3.05 bits per heavy atom. The molecule has 2 heterocycles. The molecule has 0 spiro atoms. The number of hydrogen-bond donors (Lipinski definition) is 2. The van der Waals surface area contributed by atoms with Crippen molar-refractivity contribution in [1.29, 1.82) is 0 Å². The molecular weight excluding hydrogens is 262 g/mol. The Balaban J connectivity index is 1.82. The Labute approximate surface area is 117 Å². The lowest BCUT2D eigenvalue weighted by Gasteiger charge is -2.37. The molecule has 1 aromatic rings. The molecule has 106 valence electrons. The molecule has 1 atom stereocenters. The van der Waals surface area contributed by atoms with Crippen molar-refractivity contribution in [3.8, 4) is 0 Å². The summed E-state index contributed by atoms with van der Waals surface area (Å²) in [6.07, 6.45) is 0. The Kier molecular flexibility index (Phi) is 4.93. The summed E-state index contributed by atoms with van der Waals surface area (Å²) < 4.78 is 0. The topological polar surface area (TPSA) is 55.8 Å². The second kappa shape index (κ2) is 6.47. The van der Waals surface area contributed by atoms with E-state index in [0.29, 0.717) is 17.5 Å². The average Bonchev–Trinajstić information content (AvgIpc) is 2.82. The number of carbonyl (C=O) groups is 1. The van der Waals surface area contributed by atoms with Gasteiger partial charge in [0.25, 0.3) is 0 Å². The molecule has 1 unspecified atom stereocenters. The minimum Gasteiger partial charge on any atom is -0.477 e. The fraction of sp³-hybridized carbons (Fsp3) is 0.615. The summed E-state index contributed by atoms with van der Waals surface area (Å²) in [4.78, 5) is 16.1. The molecule has 0 amide bonds. The number of aromatic carboxylic acids is 1. The molecule has 1 aliphatic heterocycles. The summed E-state index contributed by atoms with van der Waals surface area (Å²) in [5.74, 6) is -0.832. The molecule has 19 heavy (non-hydrogen) atoms. The normalized spacial score (nSPS) is 21.7. The van der Waals surface area contributed by atoms with E-state index in [0.717, 1.165) is 31.7 Å². The zero-order valence-electron chi connectivity index (χ0n) is 11.4. The van der Waals surface area contributed by atoms with Gasteiger partial charge in [-0.1, -0.05) is 0 Å². The molecule has 1 aromatic heterocycles. The second-order valence-electron chi connectivity index (χ2n) is 5.11. The Bertz CT molecular complexity index is 435. The molecule has 1 aliphatic rings. The predicted molar refractivity (Wildman–Crippen MR) is 76.9 cm³/mol. The van der Waals surface area contributed by atoms with E-state index in [2.05, 4.69) is 29.2 Å². The van der Waals surface area contributed by atoms with Gasteiger partial charge in [-0.3, -0.25) is 4.90 Å². The highest BCUT2D eigenvalue weighted by Crippen LogP contribution is 2.16. The van der Waals surface area contributed by atoms with E-state index in [4.69, 9.17) is 5.11 Å². The first-order valence-corrected chi connectivity index (χ1v) is 7.35. The van der Waals surface area contributed by atoms with E-state index in [-0.39, 0.29) is 0 Å². The number of carboxylic acid groups (broad SMARTS) is 1. The van der Waals surface area contributed by atoms with Crippen molar-refractivity contribution in [3.63, 3.8) is 0 Å². The highest BCUT2D eigenvalue weighted by molar-refractivity contribution is 7.12. The van der Waals surface area contributed by atoms with Crippen molar-refractivity contribution in [2.75, 3.05) is 40.3 Å². The maximum atomic E-state index is 11.0. The number of piperazine rings is 1. The van der Waals surface area contributed by atoms with E-state index in [1.54, 1.807) is 0 Å². The maximum absolute atomic E-state index is 11.0. The van der Waals surface area contributed by atoms with Gasteiger partial charge in [0.2, 0.25) is 0 Å². The van der Waals surface area contributed by atoms with Gasteiger partial charge in [0.05, 0.1) is 0 Å². The molecule has 1 saturated heterocycles. The highest BCUT2D eigenvalue weighted by Gasteiger charge is 2.21. The van der Waals surface area contributed by atoms with Crippen LogP contribution in [-0.2, 0) is 6.54 Å². The fourth-order valence-electron chi connectivity index (χ4n) is 2.36. The third-order valence-corrected chi connectivity index (χ3v) is 4.56. The van der Waals surface area contributed by atoms with Crippen molar-refractivity contribution in [2.24, 2.45) is 0 Å². The summed E-state index contributed by atoms with van der Waals surface area (Å²) in [5.41, 5.74) is 0.879. The minimum absolute atomic E-state index is 0.446. The molecule has 0 aliphatic carbocycles. The van der Waals surface area contributed by atoms with Crippen molar-refractivity contribution in [2.45, 2.75) is 12.6 Å². The van der Waals surface area contributed by atoms with Gasteiger partial charge >= 0.3 is 5.97 Å². The van der Waals surface area contributed by atoms with Gasteiger partial charge in [-0.25, -0.2) is 4.79 Å². The first kappa shape index (κ1) is 14.5. The van der Waals surface area contributed by atoms with E-state index in [9.17, 15) is 4.79 Å². The summed E-state index contributed by atoms with van der Waals surface area (Å²) in [5, 5.41) is 14.3. The number of thiophene rings is 1. The van der Waals surface area contributed by atoms with Crippen LogP contribution in [0.3, 0.4) is 0 Å². The third kappa shape index (κ3) is 3.76. The van der Waals surface area contributed by atoms with Crippen LogP contribution in [-0.4, -0.2) is 67.2 Å². The standard InChI is InChI=1S/C13H21N3O2S/c1-15-4-5-16(2)11(9-15)8-14-7-10-3-6-19-12(10)13(17)18/h3,6,11,14H,4-5,7-9H2,1-2H3,(H,17,18).